The maximum atomic E-state index is 15.1. The zero-order valence-corrected chi connectivity index (χ0v) is 21.5. The average molecular weight is 487 g/mol. The molecule has 35 heavy (non-hydrogen) atoms. The maximum absolute atomic E-state index is 15.1. The van der Waals surface area contributed by atoms with Crippen LogP contribution in [0.25, 0.3) is 11.1 Å². The Hall–Kier alpha value is -1.97. The number of fused-ring (bicyclic) bond motifs is 3. The van der Waals surface area contributed by atoms with Gasteiger partial charge in [0.25, 0.3) is 0 Å². The van der Waals surface area contributed by atoms with Crippen molar-refractivity contribution >= 4 is 0 Å². The fourth-order valence-electron chi connectivity index (χ4n) is 5.96. The molecule has 0 atom stereocenters. The standard InChI is InChI=1S/C31H41F3O/c1-3-5-7-8-10-11-22-13-15-23(16-14-22)25-18-19-26-27-20-17-24(12-9-6-4-2)29(32)30(27)35-31(33,34)28(26)21-25/h17-23H,3-16H2,1-2H3. The molecule has 0 bridgehead atoms. The highest BCUT2D eigenvalue weighted by atomic mass is 19.3. The van der Waals surface area contributed by atoms with Crippen LogP contribution in [0.2, 0.25) is 0 Å². The third-order valence-corrected chi connectivity index (χ3v) is 8.14. The molecule has 1 heterocycles. The van der Waals surface area contributed by atoms with Crippen molar-refractivity contribution in [1.82, 2.24) is 0 Å². The molecule has 1 nitrogen and oxygen atoms in total. The van der Waals surface area contributed by atoms with Crippen molar-refractivity contribution in [2.75, 3.05) is 0 Å². The molecule has 1 saturated carbocycles. The Labute approximate surface area is 209 Å². The number of hydrogen-bond donors (Lipinski definition) is 0. The van der Waals surface area contributed by atoms with Crippen LogP contribution in [0.15, 0.2) is 30.3 Å². The molecule has 1 aliphatic heterocycles. The van der Waals surface area contributed by atoms with Crippen molar-refractivity contribution in [1.29, 1.82) is 0 Å². The van der Waals surface area contributed by atoms with Gasteiger partial charge in [0.1, 0.15) is 0 Å². The normalized spacial score (nSPS) is 20.7. The Morgan fingerprint density at radius 1 is 0.829 bits per heavy atom. The lowest BCUT2D eigenvalue weighted by Crippen LogP contribution is -2.28. The summed E-state index contributed by atoms with van der Waals surface area (Å²) >= 11 is 0. The molecule has 1 aliphatic carbocycles. The Bertz CT molecular complexity index is 975. The Kier molecular flexibility index (Phi) is 8.83. The molecule has 0 N–H and O–H groups in total. The molecule has 2 aromatic carbocycles. The summed E-state index contributed by atoms with van der Waals surface area (Å²) in [6.45, 7) is 4.33. The van der Waals surface area contributed by atoms with Crippen LogP contribution >= 0.6 is 0 Å². The molecule has 4 heteroatoms. The predicted octanol–water partition coefficient (Wildman–Crippen LogP) is 10.3. The molecule has 0 amide bonds. The number of alkyl halides is 2. The van der Waals surface area contributed by atoms with Crippen LogP contribution in [0.3, 0.4) is 0 Å². The number of halogens is 3. The van der Waals surface area contributed by atoms with Gasteiger partial charge in [-0.15, -0.1) is 0 Å². The van der Waals surface area contributed by atoms with Crippen molar-refractivity contribution in [3.05, 3.63) is 52.8 Å². The Balaban J connectivity index is 1.46. The van der Waals surface area contributed by atoms with Crippen LogP contribution in [0.1, 0.15) is 120 Å². The lowest BCUT2D eigenvalue weighted by Gasteiger charge is -2.32. The van der Waals surface area contributed by atoms with E-state index >= 15 is 13.2 Å². The first-order chi connectivity index (χ1) is 16.9. The predicted molar refractivity (Wildman–Crippen MR) is 138 cm³/mol. The summed E-state index contributed by atoms with van der Waals surface area (Å²) in [4.78, 5) is 0. The molecule has 0 aromatic heterocycles. The minimum Gasteiger partial charge on any atom is -0.425 e. The van der Waals surface area contributed by atoms with E-state index in [1.165, 1.54) is 51.4 Å². The smallest absolute Gasteiger partial charge is 0.425 e. The van der Waals surface area contributed by atoms with Gasteiger partial charge in [0, 0.05) is 5.56 Å². The van der Waals surface area contributed by atoms with Crippen LogP contribution in [0, 0.1) is 11.7 Å². The number of hydrogen-bond acceptors (Lipinski definition) is 1. The van der Waals surface area contributed by atoms with E-state index in [1.807, 2.05) is 6.07 Å². The summed E-state index contributed by atoms with van der Waals surface area (Å²) in [6, 6.07) is 8.85. The molecule has 0 saturated heterocycles. The van der Waals surface area contributed by atoms with Gasteiger partial charge in [0.2, 0.25) is 0 Å². The largest absolute Gasteiger partial charge is 0.427 e. The first-order valence-electron chi connectivity index (χ1n) is 14.0. The minimum atomic E-state index is -3.53. The lowest BCUT2D eigenvalue weighted by molar-refractivity contribution is -0.188. The monoisotopic (exact) mass is 486 g/mol. The first-order valence-corrected chi connectivity index (χ1v) is 14.0. The lowest BCUT2D eigenvalue weighted by atomic mass is 9.76. The van der Waals surface area contributed by atoms with Crippen molar-refractivity contribution in [3.63, 3.8) is 0 Å². The van der Waals surface area contributed by atoms with E-state index in [9.17, 15) is 0 Å². The van der Waals surface area contributed by atoms with E-state index in [2.05, 4.69) is 13.8 Å². The number of unbranched alkanes of at least 4 members (excludes halogenated alkanes) is 6. The Morgan fingerprint density at radius 3 is 2.26 bits per heavy atom. The average Bonchev–Trinajstić information content (AvgIpc) is 2.86. The van der Waals surface area contributed by atoms with Gasteiger partial charge in [0.05, 0.1) is 5.56 Å². The van der Waals surface area contributed by atoms with Crippen molar-refractivity contribution < 1.29 is 17.9 Å². The summed E-state index contributed by atoms with van der Waals surface area (Å²) < 4.78 is 50.4. The molecule has 192 valence electrons. The minimum absolute atomic E-state index is 0.126. The van der Waals surface area contributed by atoms with Crippen LogP contribution in [-0.4, -0.2) is 0 Å². The summed E-state index contributed by atoms with van der Waals surface area (Å²) in [5.41, 5.74) is 2.11. The summed E-state index contributed by atoms with van der Waals surface area (Å²) in [6.07, 6.45) is 12.2. The molecular formula is C31H41F3O. The van der Waals surface area contributed by atoms with Crippen molar-refractivity contribution in [2.45, 2.75) is 116 Å². The molecule has 0 unspecified atom stereocenters. The maximum Gasteiger partial charge on any atom is 0.427 e. The van der Waals surface area contributed by atoms with Gasteiger partial charge < -0.3 is 4.74 Å². The second kappa shape index (κ2) is 11.8. The van der Waals surface area contributed by atoms with Gasteiger partial charge in [0.15, 0.2) is 11.6 Å². The van der Waals surface area contributed by atoms with Crippen molar-refractivity contribution in [3.8, 4) is 16.9 Å². The first kappa shape index (κ1) is 26.1. The quantitative estimate of drug-likeness (QED) is 0.287. The van der Waals surface area contributed by atoms with Crippen molar-refractivity contribution in [2.24, 2.45) is 5.92 Å². The summed E-state index contributed by atoms with van der Waals surface area (Å²) in [5, 5.41) is 0. The summed E-state index contributed by atoms with van der Waals surface area (Å²) in [5.74, 6) is 0.146. The third-order valence-electron chi connectivity index (χ3n) is 8.14. The van der Waals surface area contributed by atoms with Gasteiger partial charge in [-0.1, -0.05) is 89.5 Å². The highest BCUT2D eigenvalue weighted by Gasteiger charge is 2.44. The molecule has 0 radical (unpaired) electrons. The van der Waals surface area contributed by atoms with Crippen LogP contribution in [0.4, 0.5) is 13.2 Å². The molecule has 2 aromatic rings. The molecule has 4 rings (SSSR count). The number of ether oxygens (including phenoxy) is 1. The fourth-order valence-corrected chi connectivity index (χ4v) is 5.96. The van der Waals surface area contributed by atoms with Crippen LogP contribution in [-0.2, 0) is 12.5 Å². The van der Waals surface area contributed by atoms with E-state index in [0.717, 1.165) is 43.6 Å². The second-order valence-electron chi connectivity index (χ2n) is 10.7. The number of rotatable bonds is 11. The van der Waals surface area contributed by atoms with Gasteiger partial charge in [-0.2, -0.15) is 8.78 Å². The SMILES string of the molecule is CCCCCCCC1CCC(c2ccc3c(c2)C(F)(F)Oc2c-3ccc(CCCCC)c2F)CC1. The fraction of sp³-hybridized carbons (Fsp3) is 0.613. The van der Waals surface area contributed by atoms with E-state index in [1.54, 1.807) is 24.3 Å². The summed E-state index contributed by atoms with van der Waals surface area (Å²) in [7, 11) is 0. The van der Waals surface area contributed by atoms with E-state index < -0.39 is 11.9 Å². The molecular weight excluding hydrogens is 445 g/mol. The van der Waals surface area contributed by atoms with Gasteiger partial charge in [-0.3, -0.25) is 0 Å². The van der Waals surface area contributed by atoms with Gasteiger partial charge in [-0.05, 0) is 73.1 Å². The number of aryl methyl sites for hydroxylation is 1. The molecule has 1 fully saturated rings. The highest BCUT2D eigenvalue weighted by Crippen LogP contribution is 2.50. The zero-order valence-electron chi connectivity index (χ0n) is 21.5. The number of benzene rings is 2. The highest BCUT2D eigenvalue weighted by molar-refractivity contribution is 5.77. The third kappa shape index (κ3) is 6.06. The second-order valence-corrected chi connectivity index (χ2v) is 10.7. The molecule has 2 aliphatic rings. The van der Waals surface area contributed by atoms with Crippen LogP contribution < -0.4 is 4.74 Å². The van der Waals surface area contributed by atoms with Gasteiger partial charge >= 0.3 is 6.11 Å². The van der Waals surface area contributed by atoms with E-state index in [4.69, 9.17) is 4.74 Å². The van der Waals surface area contributed by atoms with Gasteiger partial charge in [-0.25, -0.2) is 4.39 Å². The topological polar surface area (TPSA) is 9.23 Å². The zero-order chi connectivity index (χ0) is 24.8. The Morgan fingerprint density at radius 2 is 1.51 bits per heavy atom. The van der Waals surface area contributed by atoms with E-state index in [-0.39, 0.29) is 11.3 Å². The molecule has 0 spiro atoms. The van der Waals surface area contributed by atoms with Crippen LogP contribution in [0.5, 0.6) is 5.75 Å². The van der Waals surface area contributed by atoms with E-state index in [0.29, 0.717) is 29.0 Å².